The average molecular weight is 282 g/mol. The van der Waals surface area contributed by atoms with Gasteiger partial charge in [-0.25, -0.2) is 0 Å². The predicted molar refractivity (Wildman–Crippen MR) is 80.9 cm³/mol. The Hall–Kier alpha value is -1.45. The van der Waals surface area contributed by atoms with Crippen LogP contribution in [0.15, 0.2) is 0 Å². The van der Waals surface area contributed by atoms with Crippen molar-refractivity contribution in [1.82, 2.24) is 4.90 Å². The molecule has 0 bridgehead atoms. The second-order valence-corrected chi connectivity index (χ2v) is 5.20. The minimum absolute atomic E-state index is 0.429. The topological polar surface area (TPSA) is 74.3 Å². The zero-order chi connectivity index (χ0) is 14.3. The standard InChI is InChI=1S/C13H22N4OS/c1-4-7-17(5-2)8-6-16-13-12(18-3)11(15)10(9-14)19-13/h16H,4-8,15H2,1-3H3. The molecule has 3 N–H and O–H groups in total. The maximum absolute atomic E-state index is 8.96. The molecule has 5 nitrogen and oxygen atoms in total. The van der Waals surface area contributed by atoms with E-state index in [9.17, 15) is 0 Å². The van der Waals surface area contributed by atoms with Crippen LogP contribution in [-0.2, 0) is 0 Å². The van der Waals surface area contributed by atoms with Crippen LogP contribution in [0.1, 0.15) is 25.1 Å². The second-order valence-electron chi connectivity index (χ2n) is 4.18. The molecule has 106 valence electrons. The van der Waals surface area contributed by atoms with Crippen molar-refractivity contribution in [2.75, 3.05) is 44.3 Å². The van der Waals surface area contributed by atoms with Crippen molar-refractivity contribution in [2.24, 2.45) is 0 Å². The third-order valence-corrected chi connectivity index (χ3v) is 3.96. The van der Waals surface area contributed by atoms with Gasteiger partial charge in [-0.2, -0.15) is 5.26 Å². The molecule has 0 aliphatic heterocycles. The van der Waals surface area contributed by atoms with Crippen molar-refractivity contribution in [3.05, 3.63) is 4.88 Å². The molecule has 0 atom stereocenters. The third-order valence-electron chi connectivity index (χ3n) is 2.91. The number of hydrogen-bond acceptors (Lipinski definition) is 6. The average Bonchev–Trinajstić information content (AvgIpc) is 2.73. The lowest BCUT2D eigenvalue weighted by atomic mass is 10.3. The van der Waals surface area contributed by atoms with Crippen LogP contribution in [0.4, 0.5) is 10.7 Å². The van der Waals surface area contributed by atoms with E-state index in [2.05, 4.69) is 30.1 Å². The first-order valence-corrected chi connectivity index (χ1v) is 7.32. The molecule has 0 spiro atoms. The Labute approximate surface area is 119 Å². The Morgan fingerprint density at radius 2 is 2.16 bits per heavy atom. The summed E-state index contributed by atoms with van der Waals surface area (Å²) in [5.74, 6) is 0.583. The molecule has 1 aromatic rings. The molecule has 1 aromatic heterocycles. The maximum Gasteiger partial charge on any atom is 0.177 e. The summed E-state index contributed by atoms with van der Waals surface area (Å²) in [5.41, 5.74) is 6.27. The van der Waals surface area contributed by atoms with Gasteiger partial charge in [0.25, 0.3) is 0 Å². The SMILES string of the molecule is CCCN(CC)CCNc1sc(C#N)c(N)c1OC. The van der Waals surface area contributed by atoms with Crippen LogP contribution in [0.5, 0.6) is 5.75 Å². The normalized spacial score (nSPS) is 10.5. The van der Waals surface area contributed by atoms with E-state index >= 15 is 0 Å². The van der Waals surface area contributed by atoms with Crippen LogP contribution in [0.2, 0.25) is 0 Å². The Kier molecular flexibility index (Phi) is 6.46. The molecule has 0 fully saturated rings. The number of methoxy groups -OCH3 is 1. The first-order chi connectivity index (χ1) is 9.17. The summed E-state index contributed by atoms with van der Waals surface area (Å²) in [7, 11) is 1.57. The van der Waals surface area contributed by atoms with Crippen LogP contribution >= 0.6 is 11.3 Å². The predicted octanol–water partition coefficient (Wildman–Crippen LogP) is 2.35. The minimum atomic E-state index is 0.429. The molecule has 0 radical (unpaired) electrons. The van der Waals surface area contributed by atoms with Gasteiger partial charge in [-0.05, 0) is 19.5 Å². The van der Waals surface area contributed by atoms with Crippen LogP contribution in [0, 0.1) is 11.3 Å². The van der Waals surface area contributed by atoms with E-state index in [1.807, 2.05) is 0 Å². The number of rotatable bonds is 8. The van der Waals surface area contributed by atoms with Gasteiger partial charge in [-0.15, -0.1) is 11.3 Å². The van der Waals surface area contributed by atoms with E-state index in [-0.39, 0.29) is 0 Å². The van der Waals surface area contributed by atoms with E-state index < -0.39 is 0 Å². The Bertz CT molecular complexity index is 439. The molecule has 0 amide bonds. The largest absolute Gasteiger partial charge is 0.492 e. The van der Waals surface area contributed by atoms with Crippen molar-refractivity contribution in [1.29, 1.82) is 5.26 Å². The number of nitriles is 1. The Balaban J connectivity index is 2.60. The van der Waals surface area contributed by atoms with E-state index in [0.717, 1.165) is 37.6 Å². The molecule has 0 saturated heterocycles. The number of nitrogens with zero attached hydrogens (tertiary/aromatic N) is 2. The van der Waals surface area contributed by atoms with Crippen LogP contribution in [-0.4, -0.2) is 38.2 Å². The van der Waals surface area contributed by atoms with Crippen molar-refractivity contribution in [3.8, 4) is 11.8 Å². The fourth-order valence-electron chi connectivity index (χ4n) is 1.90. The van der Waals surface area contributed by atoms with Crippen molar-refractivity contribution in [3.63, 3.8) is 0 Å². The van der Waals surface area contributed by atoms with Crippen LogP contribution in [0.25, 0.3) is 0 Å². The summed E-state index contributed by atoms with van der Waals surface area (Å²) >= 11 is 1.34. The number of likely N-dealkylation sites (N-methyl/N-ethyl adjacent to an activating group) is 1. The molecule has 19 heavy (non-hydrogen) atoms. The minimum Gasteiger partial charge on any atom is -0.492 e. The fourth-order valence-corrected chi connectivity index (χ4v) is 2.82. The van der Waals surface area contributed by atoms with E-state index in [1.54, 1.807) is 7.11 Å². The molecule has 0 unspecified atom stereocenters. The van der Waals surface area contributed by atoms with Crippen LogP contribution < -0.4 is 15.8 Å². The van der Waals surface area contributed by atoms with E-state index in [4.69, 9.17) is 15.7 Å². The second kappa shape index (κ2) is 7.87. The molecule has 0 aliphatic rings. The highest BCUT2D eigenvalue weighted by molar-refractivity contribution is 7.17. The molecule has 0 aliphatic carbocycles. The van der Waals surface area contributed by atoms with Gasteiger partial charge in [0.1, 0.15) is 21.6 Å². The molecule has 0 aromatic carbocycles. The van der Waals surface area contributed by atoms with Crippen molar-refractivity contribution in [2.45, 2.75) is 20.3 Å². The third kappa shape index (κ3) is 4.01. The Morgan fingerprint density at radius 3 is 2.68 bits per heavy atom. The van der Waals surface area contributed by atoms with Gasteiger partial charge in [-0.3, -0.25) is 0 Å². The summed E-state index contributed by atoms with van der Waals surface area (Å²) in [5, 5.41) is 13.1. The monoisotopic (exact) mass is 282 g/mol. The smallest absolute Gasteiger partial charge is 0.177 e. The number of ether oxygens (including phenoxy) is 1. The summed E-state index contributed by atoms with van der Waals surface area (Å²) in [6.45, 7) is 8.27. The van der Waals surface area contributed by atoms with Gasteiger partial charge in [0.2, 0.25) is 0 Å². The number of nitrogens with two attached hydrogens (primary N) is 1. The number of anilines is 2. The highest BCUT2D eigenvalue weighted by Gasteiger charge is 2.16. The van der Waals surface area contributed by atoms with Gasteiger partial charge in [0.15, 0.2) is 5.75 Å². The first kappa shape index (κ1) is 15.6. The van der Waals surface area contributed by atoms with Gasteiger partial charge in [0, 0.05) is 13.1 Å². The molecule has 1 rings (SSSR count). The number of nitrogens with one attached hydrogen (secondary N) is 1. The molecule has 6 heteroatoms. The summed E-state index contributed by atoms with van der Waals surface area (Å²) in [4.78, 5) is 2.88. The fraction of sp³-hybridized carbons (Fsp3) is 0.615. The molecular formula is C13H22N4OS. The highest BCUT2D eigenvalue weighted by Crippen LogP contribution is 2.41. The quantitative estimate of drug-likeness (QED) is 0.765. The van der Waals surface area contributed by atoms with Crippen molar-refractivity contribution < 1.29 is 4.74 Å². The summed E-state index contributed by atoms with van der Waals surface area (Å²) in [6.07, 6.45) is 1.15. The van der Waals surface area contributed by atoms with Gasteiger partial charge in [-0.1, -0.05) is 13.8 Å². The number of hydrogen-bond donors (Lipinski definition) is 2. The van der Waals surface area contributed by atoms with Crippen LogP contribution in [0.3, 0.4) is 0 Å². The maximum atomic E-state index is 8.96. The highest BCUT2D eigenvalue weighted by atomic mass is 32.1. The summed E-state index contributed by atoms with van der Waals surface area (Å²) < 4.78 is 5.25. The number of thiophene rings is 1. The van der Waals surface area contributed by atoms with E-state index in [0.29, 0.717) is 16.3 Å². The lowest BCUT2D eigenvalue weighted by Gasteiger charge is -2.19. The van der Waals surface area contributed by atoms with E-state index in [1.165, 1.54) is 11.3 Å². The lowest BCUT2D eigenvalue weighted by Crippen LogP contribution is -2.29. The number of nitrogen functional groups attached to an aromatic ring is 1. The first-order valence-electron chi connectivity index (χ1n) is 6.50. The van der Waals surface area contributed by atoms with Gasteiger partial charge in [0.05, 0.1) is 7.11 Å². The van der Waals surface area contributed by atoms with Crippen molar-refractivity contribution >= 4 is 22.0 Å². The Morgan fingerprint density at radius 1 is 1.42 bits per heavy atom. The molecule has 1 heterocycles. The molecular weight excluding hydrogens is 260 g/mol. The zero-order valence-corrected chi connectivity index (χ0v) is 12.6. The lowest BCUT2D eigenvalue weighted by molar-refractivity contribution is 0.300. The molecule has 0 saturated carbocycles. The zero-order valence-electron chi connectivity index (χ0n) is 11.8. The van der Waals surface area contributed by atoms with Gasteiger partial charge >= 0.3 is 0 Å². The van der Waals surface area contributed by atoms with Gasteiger partial charge < -0.3 is 20.7 Å². The summed E-state index contributed by atoms with van der Waals surface area (Å²) in [6, 6.07) is 2.08.